The molecule has 2 aromatic rings. The SMILES string of the molecule is Cc1csc(NC(=O)c2cc([N+](=O)[O-])c(C)c([N+](=O)[O-])c2)n1. The molecule has 1 N–H and O–H groups in total. The number of nitrogens with one attached hydrogen (secondary N) is 1. The fourth-order valence-corrected chi connectivity index (χ4v) is 2.46. The van der Waals surface area contributed by atoms with Crippen molar-refractivity contribution in [2.24, 2.45) is 0 Å². The predicted octanol–water partition coefficient (Wildman–Crippen LogP) is 2.83. The highest BCUT2D eigenvalue weighted by Gasteiger charge is 2.25. The lowest BCUT2D eigenvalue weighted by Crippen LogP contribution is -2.13. The number of aryl methyl sites for hydroxylation is 1. The van der Waals surface area contributed by atoms with Gasteiger partial charge in [-0.05, 0) is 13.8 Å². The van der Waals surface area contributed by atoms with E-state index in [1.54, 1.807) is 12.3 Å². The lowest BCUT2D eigenvalue weighted by Gasteiger charge is -2.04. The number of aromatic nitrogens is 1. The highest BCUT2D eigenvalue weighted by Crippen LogP contribution is 2.29. The Labute approximate surface area is 127 Å². The van der Waals surface area contributed by atoms with Crippen LogP contribution in [-0.2, 0) is 0 Å². The predicted molar refractivity (Wildman–Crippen MR) is 79.3 cm³/mol. The standard InChI is InChI=1S/C12H10N4O5S/c1-6-5-22-12(13-6)14-11(17)8-3-9(15(18)19)7(2)10(4-8)16(20)21/h3-5H,1-2H3,(H,13,14,17). The van der Waals surface area contributed by atoms with E-state index in [0.717, 1.165) is 12.1 Å². The largest absolute Gasteiger partial charge is 0.298 e. The molecule has 114 valence electrons. The molecule has 0 radical (unpaired) electrons. The summed E-state index contributed by atoms with van der Waals surface area (Å²) >= 11 is 1.19. The third kappa shape index (κ3) is 3.06. The number of nitro benzene ring substituents is 2. The Morgan fingerprint density at radius 2 is 1.73 bits per heavy atom. The topological polar surface area (TPSA) is 128 Å². The van der Waals surface area contributed by atoms with E-state index in [9.17, 15) is 25.0 Å². The number of rotatable bonds is 4. The van der Waals surface area contributed by atoms with Gasteiger partial charge in [0.05, 0.1) is 21.1 Å². The van der Waals surface area contributed by atoms with Crippen LogP contribution >= 0.6 is 11.3 Å². The molecule has 0 aliphatic rings. The van der Waals surface area contributed by atoms with Crippen molar-refractivity contribution >= 4 is 33.8 Å². The summed E-state index contributed by atoms with van der Waals surface area (Å²) in [5.41, 5.74) is -0.515. The van der Waals surface area contributed by atoms with Crippen LogP contribution in [0.2, 0.25) is 0 Å². The lowest BCUT2D eigenvalue weighted by atomic mass is 10.1. The Balaban J connectivity index is 2.43. The van der Waals surface area contributed by atoms with Crippen molar-refractivity contribution in [3.8, 4) is 0 Å². The fourth-order valence-electron chi connectivity index (χ4n) is 1.78. The second-order valence-corrected chi connectivity index (χ2v) is 5.26. The zero-order valence-electron chi connectivity index (χ0n) is 11.5. The van der Waals surface area contributed by atoms with Crippen molar-refractivity contribution in [2.75, 3.05) is 5.32 Å². The molecule has 0 saturated carbocycles. The molecule has 0 fully saturated rings. The third-order valence-corrected chi connectivity index (χ3v) is 3.72. The van der Waals surface area contributed by atoms with Gasteiger partial charge < -0.3 is 0 Å². The minimum atomic E-state index is -0.757. The Morgan fingerprint density at radius 1 is 1.18 bits per heavy atom. The minimum Gasteiger partial charge on any atom is -0.298 e. The van der Waals surface area contributed by atoms with Crippen LogP contribution in [0.3, 0.4) is 0 Å². The van der Waals surface area contributed by atoms with Gasteiger partial charge in [0.1, 0.15) is 5.56 Å². The average Bonchev–Trinajstić information content (AvgIpc) is 2.83. The summed E-state index contributed by atoms with van der Waals surface area (Å²) in [6.45, 7) is 3.01. The molecule has 1 aromatic heterocycles. The molecule has 10 heteroatoms. The number of hydrogen-bond donors (Lipinski definition) is 1. The minimum absolute atomic E-state index is 0.100. The molecule has 0 aliphatic carbocycles. The molecular weight excluding hydrogens is 312 g/mol. The first-order valence-corrected chi connectivity index (χ1v) is 6.84. The molecule has 0 atom stereocenters. The summed E-state index contributed by atoms with van der Waals surface area (Å²) in [5.74, 6) is -0.694. The lowest BCUT2D eigenvalue weighted by molar-refractivity contribution is -0.395. The summed E-state index contributed by atoms with van der Waals surface area (Å²) in [5, 5.41) is 26.4. The number of benzene rings is 1. The first-order valence-electron chi connectivity index (χ1n) is 5.96. The number of nitrogens with zero attached hydrogens (tertiary/aromatic N) is 3. The highest BCUT2D eigenvalue weighted by molar-refractivity contribution is 7.13. The maximum Gasteiger partial charge on any atom is 0.279 e. The van der Waals surface area contributed by atoms with Gasteiger partial charge in [-0.3, -0.25) is 30.3 Å². The van der Waals surface area contributed by atoms with E-state index >= 15 is 0 Å². The van der Waals surface area contributed by atoms with Crippen LogP contribution in [0.4, 0.5) is 16.5 Å². The maximum absolute atomic E-state index is 12.1. The number of anilines is 1. The Hall–Kier alpha value is -2.88. The van der Waals surface area contributed by atoms with Gasteiger partial charge >= 0.3 is 0 Å². The maximum atomic E-state index is 12.1. The number of amides is 1. The van der Waals surface area contributed by atoms with Crippen molar-refractivity contribution in [1.82, 2.24) is 4.98 Å². The van der Waals surface area contributed by atoms with Crippen LogP contribution in [0.1, 0.15) is 21.6 Å². The van der Waals surface area contributed by atoms with Crippen LogP contribution < -0.4 is 5.32 Å². The van der Waals surface area contributed by atoms with Crippen LogP contribution in [0, 0.1) is 34.1 Å². The number of nitro groups is 2. The Kier molecular flexibility index (Phi) is 4.13. The third-order valence-electron chi connectivity index (χ3n) is 2.85. The van der Waals surface area contributed by atoms with Crippen LogP contribution in [0.25, 0.3) is 0 Å². The molecule has 2 rings (SSSR count). The van der Waals surface area contributed by atoms with E-state index in [2.05, 4.69) is 10.3 Å². The van der Waals surface area contributed by atoms with Gasteiger partial charge in [-0.2, -0.15) is 0 Å². The van der Waals surface area contributed by atoms with Crippen molar-refractivity contribution in [3.63, 3.8) is 0 Å². The van der Waals surface area contributed by atoms with E-state index in [1.807, 2.05) is 0 Å². The van der Waals surface area contributed by atoms with Crippen LogP contribution in [-0.4, -0.2) is 20.7 Å². The van der Waals surface area contributed by atoms with Gasteiger partial charge in [-0.15, -0.1) is 11.3 Å². The monoisotopic (exact) mass is 322 g/mol. The molecule has 0 unspecified atom stereocenters. The average molecular weight is 322 g/mol. The van der Waals surface area contributed by atoms with Crippen LogP contribution in [0.5, 0.6) is 0 Å². The smallest absolute Gasteiger partial charge is 0.279 e. The summed E-state index contributed by atoms with van der Waals surface area (Å²) in [6.07, 6.45) is 0. The molecule has 22 heavy (non-hydrogen) atoms. The van der Waals surface area contributed by atoms with E-state index in [1.165, 1.54) is 18.3 Å². The number of carbonyl (C=O) groups is 1. The summed E-state index contributed by atoms with van der Waals surface area (Å²) < 4.78 is 0. The highest BCUT2D eigenvalue weighted by atomic mass is 32.1. The summed E-state index contributed by atoms with van der Waals surface area (Å²) in [7, 11) is 0. The zero-order chi connectivity index (χ0) is 16.4. The fraction of sp³-hybridized carbons (Fsp3) is 0.167. The summed E-state index contributed by atoms with van der Waals surface area (Å²) in [4.78, 5) is 36.6. The van der Waals surface area contributed by atoms with E-state index < -0.39 is 27.1 Å². The zero-order valence-corrected chi connectivity index (χ0v) is 12.3. The Morgan fingerprint density at radius 3 is 2.14 bits per heavy atom. The van der Waals surface area contributed by atoms with Crippen molar-refractivity contribution in [3.05, 3.63) is 54.6 Å². The molecule has 0 bridgehead atoms. The molecule has 1 heterocycles. The Bertz CT molecular complexity index is 751. The molecule has 1 amide bonds. The second-order valence-electron chi connectivity index (χ2n) is 4.40. The number of thiazole rings is 1. The van der Waals surface area contributed by atoms with E-state index in [-0.39, 0.29) is 11.1 Å². The van der Waals surface area contributed by atoms with Crippen molar-refractivity contribution in [2.45, 2.75) is 13.8 Å². The molecule has 0 aliphatic heterocycles. The van der Waals surface area contributed by atoms with Gasteiger partial charge in [0.15, 0.2) is 5.13 Å². The molecule has 1 aromatic carbocycles. The number of carbonyl (C=O) groups excluding carboxylic acids is 1. The van der Waals surface area contributed by atoms with Gasteiger partial charge in [0.2, 0.25) is 0 Å². The first kappa shape index (κ1) is 15.5. The molecule has 0 spiro atoms. The van der Waals surface area contributed by atoms with Gasteiger partial charge in [0, 0.05) is 17.5 Å². The molecular formula is C12H10N4O5S. The number of hydrogen-bond acceptors (Lipinski definition) is 7. The van der Waals surface area contributed by atoms with Crippen LogP contribution in [0.15, 0.2) is 17.5 Å². The molecule has 9 nitrogen and oxygen atoms in total. The van der Waals surface area contributed by atoms with Crippen molar-refractivity contribution < 1.29 is 14.6 Å². The summed E-state index contributed by atoms with van der Waals surface area (Å²) in [6, 6.07) is 2.02. The van der Waals surface area contributed by atoms with E-state index in [4.69, 9.17) is 0 Å². The van der Waals surface area contributed by atoms with Gasteiger partial charge in [-0.1, -0.05) is 0 Å². The van der Waals surface area contributed by atoms with Crippen molar-refractivity contribution in [1.29, 1.82) is 0 Å². The normalized spacial score (nSPS) is 10.3. The van der Waals surface area contributed by atoms with E-state index in [0.29, 0.717) is 10.8 Å². The van der Waals surface area contributed by atoms with Gasteiger partial charge in [-0.25, -0.2) is 4.98 Å². The quantitative estimate of drug-likeness (QED) is 0.680. The second kappa shape index (κ2) is 5.85. The van der Waals surface area contributed by atoms with Gasteiger partial charge in [0.25, 0.3) is 17.3 Å². The first-order chi connectivity index (χ1) is 10.3. The molecule has 0 saturated heterocycles.